The summed E-state index contributed by atoms with van der Waals surface area (Å²) in [5.41, 5.74) is 1.35. The molecule has 0 unspecified atom stereocenters. The van der Waals surface area contributed by atoms with Gasteiger partial charge in [0.2, 0.25) is 0 Å². The molecule has 0 aliphatic rings. The third kappa shape index (κ3) is 5.25. The molecule has 0 spiro atoms. The van der Waals surface area contributed by atoms with Crippen LogP contribution in [-0.2, 0) is 26.2 Å². The maximum atomic E-state index is 5.63. The Bertz CT molecular complexity index is 937. The monoisotopic (exact) mass is 398 g/mol. The van der Waals surface area contributed by atoms with E-state index in [0.717, 1.165) is 30.1 Å². The van der Waals surface area contributed by atoms with Crippen molar-refractivity contribution in [1.29, 1.82) is 0 Å². The van der Waals surface area contributed by atoms with Crippen molar-refractivity contribution in [2.75, 3.05) is 6.54 Å². The molecule has 6 heteroatoms. The van der Waals surface area contributed by atoms with E-state index >= 15 is 0 Å². The van der Waals surface area contributed by atoms with Gasteiger partial charge in [-0.15, -0.1) is 17.9 Å². The highest BCUT2D eigenvalue weighted by atomic mass is 32.1. The van der Waals surface area contributed by atoms with Crippen LogP contribution < -0.4 is 0 Å². The van der Waals surface area contributed by atoms with Crippen LogP contribution in [0, 0.1) is 18.6 Å². The molecule has 0 atom stereocenters. The Balaban J connectivity index is 1.77. The number of rotatable bonds is 9. The molecule has 4 nitrogen and oxygen atoms in total. The molecule has 0 aliphatic carbocycles. The minimum atomic E-state index is 0.688. The summed E-state index contributed by atoms with van der Waals surface area (Å²) in [7, 11) is 0. The molecule has 0 radical (unpaired) electrons. The molecule has 142 valence electrons. The minimum Gasteiger partial charge on any atom is -0.300 e. The van der Waals surface area contributed by atoms with E-state index in [1.807, 2.05) is 33.6 Å². The number of benzene rings is 1. The van der Waals surface area contributed by atoms with Crippen molar-refractivity contribution in [3.63, 3.8) is 0 Å². The van der Waals surface area contributed by atoms with Crippen molar-refractivity contribution in [3.8, 4) is 0 Å². The Morgan fingerprint density at radius 1 is 1.19 bits per heavy atom. The van der Waals surface area contributed by atoms with E-state index in [1.165, 1.54) is 15.3 Å². The van der Waals surface area contributed by atoms with Gasteiger partial charge in [0.15, 0.2) is 4.77 Å². The van der Waals surface area contributed by atoms with E-state index in [9.17, 15) is 0 Å². The molecule has 0 N–H and O–H groups in total. The predicted molar refractivity (Wildman–Crippen MR) is 116 cm³/mol. The van der Waals surface area contributed by atoms with Gasteiger partial charge in [0.25, 0.3) is 0 Å². The number of hydrogen-bond donors (Lipinski definition) is 0. The normalized spacial score (nSPS) is 11.2. The molecule has 0 saturated carbocycles. The molecule has 27 heavy (non-hydrogen) atoms. The summed E-state index contributed by atoms with van der Waals surface area (Å²) < 4.78 is 4.70. The Morgan fingerprint density at radius 3 is 2.63 bits per heavy atom. The first-order chi connectivity index (χ1) is 13.1. The lowest BCUT2D eigenvalue weighted by molar-refractivity contribution is 0.200. The largest absolute Gasteiger partial charge is 0.300 e. The van der Waals surface area contributed by atoms with Gasteiger partial charge < -0.3 is 4.57 Å². The molecular weight excluding hydrogens is 372 g/mol. The first kappa shape index (κ1) is 19.7. The maximum Gasteiger partial charge on any atom is 0.199 e. The van der Waals surface area contributed by atoms with Crippen molar-refractivity contribution >= 4 is 23.6 Å². The third-order valence-electron chi connectivity index (χ3n) is 4.49. The zero-order chi connectivity index (χ0) is 19.2. The predicted octanol–water partition coefficient (Wildman–Crippen LogP) is 4.98. The van der Waals surface area contributed by atoms with E-state index in [1.54, 1.807) is 0 Å². The summed E-state index contributed by atoms with van der Waals surface area (Å²) in [6.07, 6.45) is 2.86. The molecule has 0 aliphatic heterocycles. The highest BCUT2D eigenvalue weighted by Crippen LogP contribution is 2.18. The smallest absolute Gasteiger partial charge is 0.199 e. The van der Waals surface area contributed by atoms with Gasteiger partial charge in [0.1, 0.15) is 5.82 Å². The first-order valence-electron chi connectivity index (χ1n) is 9.13. The van der Waals surface area contributed by atoms with Gasteiger partial charge in [-0.2, -0.15) is 5.10 Å². The van der Waals surface area contributed by atoms with Crippen molar-refractivity contribution in [3.05, 3.63) is 81.0 Å². The van der Waals surface area contributed by atoms with Crippen LogP contribution >= 0.6 is 23.6 Å². The van der Waals surface area contributed by atoms with Crippen LogP contribution in [0.25, 0.3) is 0 Å². The van der Waals surface area contributed by atoms with Crippen LogP contribution in [0.1, 0.15) is 21.1 Å². The fourth-order valence-corrected chi connectivity index (χ4v) is 4.33. The van der Waals surface area contributed by atoms with Gasteiger partial charge in [0.05, 0.1) is 6.67 Å². The molecule has 0 bridgehead atoms. The Morgan fingerprint density at radius 2 is 1.96 bits per heavy atom. The van der Waals surface area contributed by atoms with E-state index in [0.29, 0.717) is 13.2 Å². The fourth-order valence-electron chi connectivity index (χ4n) is 3.09. The zero-order valence-electron chi connectivity index (χ0n) is 16.0. The lowest BCUT2D eigenvalue weighted by Crippen LogP contribution is -2.28. The van der Waals surface area contributed by atoms with E-state index < -0.39 is 0 Å². The molecule has 2 aromatic heterocycles. The highest BCUT2D eigenvalue weighted by molar-refractivity contribution is 7.71. The van der Waals surface area contributed by atoms with E-state index in [2.05, 4.69) is 66.0 Å². The van der Waals surface area contributed by atoms with Gasteiger partial charge in [0, 0.05) is 29.4 Å². The van der Waals surface area contributed by atoms with Crippen LogP contribution in [0.5, 0.6) is 0 Å². The van der Waals surface area contributed by atoms with Crippen molar-refractivity contribution in [2.24, 2.45) is 0 Å². The van der Waals surface area contributed by atoms with Gasteiger partial charge in [-0.05, 0) is 50.2 Å². The van der Waals surface area contributed by atoms with Crippen LogP contribution in [0.3, 0.4) is 0 Å². The lowest BCUT2D eigenvalue weighted by atomic mass is 10.1. The van der Waals surface area contributed by atoms with Crippen molar-refractivity contribution in [2.45, 2.75) is 40.0 Å². The molecule has 2 heterocycles. The summed E-state index contributed by atoms with van der Waals surface area (Å²) in [5, 5.41) is 4.66. The Labute approximate surface area is 170 Å². The first-order valence-corrected chi connectivity index (χ1v) is 10.4. The average molecular weight is 399 g/mol. The number of aromatic nitrogens is 3. The quantitative estimate of drug-likeness (QED) is 0.375. The summed E-state index contributed by atoms with van der Waals surface area (Å²) in [4.78, 5) is 5.13. The maximum absolute atomic E-state index is 5.63. The second-order valence-corrected chi connectivity index (χ2v) is 8.41. The zero-order valence-corrected chi connectivity index (χ0v) is 17.6. The molecule has 3 aromatic rings. The number of nitrogens with zero attached hydrogens (tertiary/aromatic N) is 4. The van der Waals surface area contributed by atoms with Gasteiger partial charge in [-0.25, -0.2) is 4.68 Å². The SMILES string of the molecule is C=CCn1c(C)nn(CN(CCc2ccccc2)Cc2ccc(C)s2)c1=S. The topological polar surface area (TPSA) is 26.0 Å². The molecule has 0 fully saturated rings. The molecule has 0 saturated heterocycles. The second kappa shape index (κ2) is 9.26. The molecule has 0 amide bonds. The van der Waals surface area contributed by atoms with Crippen molar-refractivity contribution < 1.29 is 0 Å². The number of hydrogen-bond acceptors (Lipinski definition) is 4. The van der Waals surface area contributed by atoms with Gasteiger partial charge in [-0.1, -0.05) is 36.4 Å². The van der Waals surface area contributed by atoms with Crippen LogP contribution in [-0.4, -0.2) is 25.8 Å². The average Bonchev–Trinajstić information content (AvgIpc) is 3.18. The number of aryl methyl sites for hydroxylation is 2. The van der Waals surface area contributed by atoms with Gasteiger partial charge in [-0.3, -0.25) is 4.90 Å². The summed E-state index contributed by atoms with van der Waals surface area (Å²) >= 11 is 7.49. The third-order valence-corrected chi connectivity index (χ3v) is 5.90. The highest BCUT2D eigenvalue weighted by Gasteiger charge is 2.12. The second-order valence-electron chi connectivity index (χ2n) is 6.67. The summed E-state index contributed by atoms with van der Waals surface area (Å²) in [6, 6.07) is 15.0. The van der Waals surface area contributed by atoms with Gasteiger partial charge >= 0.3 is 0 Å². The Kier molecular flexibility index (Phi) is 6.77. The Hall–Kier alpha value is -2.02. The van der Waals surface area contributed by atoms with Crippen molar-refractivity contribution in [1.82, 2.24) is 19.2 Å². The minimum absolute atomic E-state index is 0.688. The summed E-state index contributed by atoms with van der Waals surface area (Å²) in [5.74, 6) is 0.926. The molecule has 1 aromatic carbocycles. The fraction of sp³-hybridized carbons (Fsp3) is 0.333. The van der Waals surface area contributed by atoms with Crippen LogP contribution in [0.2, 0.25) is 0 Å². The van der Waals surface area contributed by atoms with E-state index in [-0.39, 0.29) is 0 Å². The number of thiophene rings is 1. The van der Waals surface area contributed by atoms with Crippen LogP contribution in [0.15, 0.2) is 55.1 Å². The summed E-state index contributed by atoms with van der Waals surface area (Å²) in [6.45, 7) is 11.2. The van der Waals surface area contributed by atoms with E-state index in [4.69, 9.17) is 12.2 Å². The lowest BCUT2D eigenvalue weighted by Gasteiger charge is -2.21. The molecule has 3 rings (SSSR count). The standard InChI is InChI=1S/C21H26N4S2/c1-4-13-24-18(3)22-25(21(24)26)16-23(15-20-11-10-17(2)27-20)14-12-19-8-6-5-7-9-19/h4-11H,1,12-16H2,2-3H3. The molecular formula is C21H26N4S2. The number of allylic oxidation sites excluding steroid dienone is 1. The van der Waals surface area contributed by atoms with Crippen LogP contribution in [0.4, 0.5) is 0 Å².